The molecule has 0 spiro atoms. The summed E-state index contributed by atoms with van der Waals surface area (Å²) in [5, 5.41) is 0. The molecule has 0 aliphatic carbocycles. The first kappa shape index (κ1) is 14.5. The first-order chi connectivity index (χ1) is 10.2. The Morgan fingerprint density at radius 1 is 1.14 bits per heavy atom. The maximum Gasteiger partial charge on any atom is 0.159 e. The van der Waals surface area contributed by atoms with E-state index in [1.807, 2.05) is 24.3 Å². The van der Waals surface area contributed by atoms with Crippen LogP contribution in [0.3, 0.4) is 0 Å². The number of fused-ring (bicyclic) bond motifs is 1. The van der Waals surface area contributed by atoms with Crippen LogP contribution in [0.4, 0.5) is 5.69 Å². The summed E-state index contributed by atoms with van der Waals surface area (Å²) < 4.78 is 0. The smallest absolute Gasteiger partial charge is 0.159 e. The molecule has 1 aromatic carbocycles. The van der Waals surface area contributed by atoms with Crippen molar-refractivity contribution in [2.75, 3.05) is 13.1 Å². The predicted octanol–water partition coefficient (Wildman–Crippen LogP) is 3.86. The summed E-state index contributed by atoms with van der Waals surface area (Å²) >= 11 is 0. The molecule has 0 N–H and O–H groups in total. The Morgan fingerprint density at radius 2 is 1.90 bits per heavy atom. The first-order valence-electron chi connectivity index (χ1n) is 8.13. The van der Waals surface area contributed by atoms with Gasteiger partial charge in [-0.2, -0.15) is 0 Å². The van der Waals surface area contributed by atoms with Gasteiger partial charge in [0.05, 0.1) is 5.69 Å². The molecule has 2 fully saturated rings. The molecule has 3 heteroatoms. The molecule has 3 rings (SSSR count). The van der Waals surface area contributed by atoms with Crippen LogP contribution >= 0.6 is 0 Å². The lowest BCUT2D eigenvalue weighted by Crippen LogP contribution is -2.48. The minimum absolute atomic E-state index is 0.107. The second-order valence-electron chi connectivity index (χ2n) is 6.29. The number of hydrogen-bond donors (Lipinski definition) is 0. The van der Waals surface area contributed by atoms with Crippen LogP contribution in [0.1, 0.15) is 49.4 Å². The van der Waals surface area contributed by atoms with Crippen molar-refractivity contribution in [3.63, 3.8) is 0 Å². The van der Waals surface area contributed by atoms with E-state index in [2.05, 4.69) is 16.1 Å². The van der Waals surface area contributed by atoms with Gasteiger partial charge in [0.25, 0.3) is 0 Å². The van der Waals surface area contributed by atoms with Gasteiger partial charge in [0.1, 0.15) is 0 Å². The molecule has 21 heavy (non-hydrogen) atoms. The van der Waals surface area contributed by atoms with Crippen molar-refractivity contribution in [2.24, 2.45) is 10.9 Å². The van der Waals surface area contributed by atoms with Crippen LogP contribution in [0.2, 0.25) is 0 Å². The molecule has 2 heterocycles. The Hall–Kier alpha value is -1.48. The third kappa shape index (κ3) is 3.41. The average molecular weight is 284 g/mol. The molecule has 0 unspecified atom stereocenters. The van der Waals surface area contributed by atoms with Crippen molar-refractivity contribution in [1.29, 1.82) is 0 Å². The number of nitrogens with zero attached hydrogens (tertiary/aromatic N) is 2. The molecule has 0 saturated carbocycles. The zero-order valence-electron chi connectivity index (χ0n) is 12.8. The lowest BCUT2D eigenvalue weighted by molar-refractivity contribution is 0.0870. The largest absolute Gasteiger partial charge is 0.300 e. The number of aliphatic imine (C=N–C) groups is 1. The monoisotopic (exact) mass is 284 g/mol. The SMILES string of the molecule is CC(=O)c1ccc(N=C[C@@H]2CCCN3CCCC[C@H]23)cc1. The first-order valence-corrected chi connectivity index (χ1v) is 8.13. The zero-order valence-corrected chi connectivity index (χ0v) is 12.8. The Morgan fingerprint density at radius 3 is 2.67 bits per heavy atom. The van der Waals surface area contributed by atoms with Crippen LogP contribution in [-0.4, -0.2) is 36.0 Å². The summed E-state index contributed by atoms with van der Waals surface area (Å²) in [6.07, 6.45) is 8.74. The van der Waals surface area contributed by atoms with E-state index >= 15 is 0 Å². The molecule has 0 bridgehead atoms. The molecule has 2 aliphatic heterocycles. The van der Waals surface area contributed by atoms with Crippen molar-refractivity contribution < 1.29 is 4.79 Å². The van der Waals surface area contributed by atoms with E-state index in [0.717, 1.165) is 11.3 Å². The van der Waals surface area contributed by atoms with Gasteiger partial charge in [-0.1, -0.05) is 6.42 Å². The van der Waals surface area contributed by atoms with Crippen LogP contribution in [0.25, 0.3) is 0 Å². The lowest BCUT2D eigenvalue weighted by Gasteiger charge is -2.43. The van der Waals surface area contributed by atoms with Gasteiger partial charge in [-0.25, -0.2) is 0 Å². The Kier molecular flexibility index (Phi) is 4.49. The highest BCUT2D eigenvalue weighted by Crippen LogP contribution is 2.30. The van der Waals surface area contributed by atoms with Gasteiger partial charge in [-0.3, -0.25) is 14.7 Å². The molecule has 1 aromatic rings. The van der Waals surface area contributed by atoms with Crippen LogP contribution < -0.4 is 0 Å². The molecule has 0 radical (unpaired) electrons. The third-order valence-electron chi connectivity index (χ3n) is 4.83. The normalized spacial score (nSPS) is 26.7. The third-order valence-corrected chi connectivity index (χ3v) is 4.83. The van der Waals surface area contributed by atoms with Gasteiger partial charge in [0, 0.05) is 23.7 Å². The summed E-state index contributed by atoms with van der Waals surface area (Å²) in [5.74, 6) is 0.696. The second-order valence-corrected chi connectivity index (χ2v) is 6.29. The molecule has 2 aliphatic rings. The van der Waals surface area contributed by atoms with Crippen molar-refractivity contribution in [2.45, 2.75) is 45.1 Å². The average Bonchev–Trinajstić information content (AvgIpc) is 2.53. The van der Waals surface area contributed by atoms with Crippen molar-refractivity contribution >= 4 is 17.7 Å². The topological polar surface area (TPSA) is 32.7 Å². The van der Waals surface area contributed by atoms with Crippen LogP contribution in [-0.2, 0) is 0 Å². The molecule has 0 aromatic heterocycles. The van der Waals surface area contributed by atoms with Crippen LogP contribution in [0.15, 0.2) is 29.3 Å². The Labute approximate surface area is 127 Å². The number of rotatable bonds is 3. The number of hydrogen-bond acceptors (Lipinski definition) is 3. The second kappa shape index (κ2) is 6.52. The standard InChI is InChI=1S/C18H24N2O/c1-14(21)15-7-9-17(10-8-15)19-13-16-5-4-12-20-11-3-2-6-18(16)20/h7-10,13,16,18H,2-6,11-12H2,1H3/t16-,18+/m0/s1. The van der Waals surface area contributed by atoms with Crippen LogP contribution in [0.5, 0.6) is 0 Å². The number of carbonyl (C=O) groups excluding carboxylic acids is 1. The summed E-state index contributed by atoms with van der Waals surface area (Å²) in [4.78, 5) is 18.6. The molecule has 0 amide bonds. The zero-order chi connectivity index (χ0) is 14.7. The fourth-order valence-corrected chi connectivity index (χ4v) is 3.64. The highest BCUT2D eigenvalue weighted by Gasteiger charge is 2.31. The highest BCUT2D eigenvalue weighted by atomic mass is 16.1. The van der Waals surface area contributed by atoms with Crippen molar-refractivity contribution in [1.82, 2.24) is 4.90 Å². The molecular formula is C18H24N2O. The fraction of sp³-hybridized carbons (Fsp3) is 0.556. The van der Waals surface area contributed by atoms with E-state index in [-0.39, 0.29) is 5.78 Å². The molecular weight excluding hydrogens is 260 g/mol. The summed E-state index contributed by atoms with van der Waals surface area (Å²) in [6, 6.07) is 8.31. The summed E-state index contributed by atoms with van der Waals surface area (Å²) in [7, 11) is 0. The summed E-state index contributed by atoms with van der Waals surface area (Å²) in [5.41, 5.74) is 1.71. The number of carbonyl (C=O) groups is 1. The molecule has 2 saturated heterocycles. The van der Waals surface area contributed by atoms with Crippen molar-refractivity contribution in [3.05, 3.63) is 29.8 Å². The number of piperidine rings is 2. The molecule has 3 nitrogen and oxygen atoms in total. The van der Waals surface area contributed by atoms with Gasteiger partial charge in [0.2, 0.25) is 0 Å². The minimum Gasteiger partial charge on any atom is -0.300 e. The van der Waals surface area contributed by atoms with Gasteiger partial charge < -0.3 is 0 Å². The minimum atomic E-state index is 0.107. The molecule has 112 valence electrons. The van der Waals surface area contributed by atoms with Crippen molar-refractivity contribution in [3.8, 4) is 0 Å². The van der Waals surface area contributed by atoms with E-state index in [1.165, 1.54) is 45.2 Å². The highest BCUT2D eigenvalue weighted by molar-refractivity contribution is 5.94. The van der Waals surface area contributed by atoms with Crippen LogP contribution in [0, 0.1) is 5.92 Å². The predicted molar refractivity (Wildman–Crippen MR) is 86.5 cm³/mol. The maximum absolute atomic E-state index is 11.3. The number of ketones is 1. The molecule has 2 atom stereocenters. The van der Waals surface area contributed by atoms with E-state index < -0.39 is 0 Å². The lowest BCUT2D eigenvalue weighted by atomic mass is 9.84. The summed E-state index contributed by atoms with van der Waals surface area (Å²) in [6.45, 7) is 4.13. The van der Waals surface area contributed by atoms with Gasteiger partial charge >= 0.3 is 0 Å². The van der Waals surface area contributed by atoms with E-state index in [4.69, 9.17) is 0 Å². The van der Waals surface area contributed by atoms with E-state index in [1.54, 1.807) is 6.92 Å². The van der Waals surface area contributed by atoms with Gasteiger partial charge in [-0.15, -0.1) is 0 Å². The Bertz CT molecular complexity index is 519. The number of Topliss-reactive ketones (excluding diaryl/α,β-unsaturated/α-hetero) is 1. The Balaban J connectivity index is 1.68. The van der Waals surface area contributed by atoms with E-state index in [0.29, 0.717) is 12.0 Å². The fourth-order valence-electron chi connectivity index (χ4n) is 3.64. The van der Waals surface area contributed by atoms with E-state index in [9.17, 15) is 4.79 Å². The quantitative estimate of drug-likeness (QED) is 0.624. The maximum atomic E-state index is 11.3. The number of benzene rings is 1. The van der Waals surface area contributed by atoms with Gasteiger partial charge in [0.15, 0.2) is 5.78 Å². The van der Waals surface area contributed by atoms with Gasteiger partial charge in [-0.05, 0) is 70.0 Å².